The summed E-state index contributed by atoms with van der Waals surface area (Å²) in [6, 6.07) is 20.6. The largest absolute Gasteiger partial charge is 0.504 e. The molecule has 1 amide bonds. The molecule has 2 aromatic heterocycles. The number of nitrogens with zero attached hydrogens (tertiary/aromatic N) is 2. The molecular formula is C30H27N3O6. The average Bonchev–Trinajstić information content (AvgIpc) is 2.94. The second-order valence-electron chi connectivity index (χ2n) is 9.17. The maximum absolute atomic E-state index is 13.6. The number of carbonyl (C=O) groups excluding carboxylic acids is 1. The Morgan fingerprint density at radius 2 is 1.74 bits per heavy atom. The summed E-state index contributed by atoms with van der Waals surface area (Å²) in [4.78, 5) is 31.1. The van der Waals surface area contributed by atoms with Crippen LogP contribution in [0.2, 0.25) is 0 Å². The molecule has 4 N–H and O–H groups in total. The summed E-state index contributed by atoms with van der Waals surface area (Å²) >= 11 is 0. The second-order valence-corrected chi connectivity index (χ2v) is 9.17. The quantitative estimate of drug-likeness (QED) is 0.226. The van der Waals surface area contributed by atoms with E-state index in [9.17, 15) is 24.9 Å². The smallest absolute Gasteiger partial charge is 0.265 e. The highest BCUT2D eigenvalue weighted by Crippen LogP contribution is 2.38. The highest BCUT2D eigenvalue weighted by Gasteiger charge is 2.28. The minimum atomic E-state index is -0.810. The average molecular weight is 526 g/mol. The first kappa shape index (κ1) is 25.6. The van der Waals surface area contributed by atoms with Crippen LogP contribution < -0.4 is 15.6 Å². The summed E-state index contributed by atoms with van der Waals surface area (Å²) in [5.74, 6) is -1.37. The number of aromatic hydroxyl groups is 3. The van der Waals surface area contributed by atoms with Crippen molar-refractivity contribution in [2.45, 2.75) is 18.8 Å². The number of carbonyl (C=O) groups is 1. The van der Waals surface area contributed by atoms with Gasteiger partial charge in [-0.1, -0.05) is 42.5 Å². The lowest BCUT2D eigenvalue weighted by Gasteiger charge is -2.21. The summed E-state index contributed by atoms with van der Waals surface area (Å²) in [5, 5.41) is 34.6. The molecule has 9 nitrogen and oxygen atoms in total. The molecule has 39 heavy (non-hydrogen) atoms. The van der Waals surface area contributed by atoms with Crippen molar-refractivity contribution >= 4 is 22.3 Å². The van der Waals surface area contributed by atoms with Crippen LogP contribution in [0.15, 0.2) is 83.8 Å². The molecule has 3 aromatic carbocycles. The molecule has 198 valence electrons. The molecule has 1 atom stereocenters. The summed E-state index contributed by atoms with van der Waals surface area (Å²) in [7, 11) is 1.58. The summed E-state index contributed by atoms with van der Waals surface area (Å²) < 4.78 is 6.87. The number of hydrogen-bond donors (Lipinski definition) is 4. The Hall–Kier alpha value is -5.05. The van der Waals surface area contributed by atoms with E-state index in [1.54, 1.807) is 49.7 Å². The van der Waals surface area contributed by atoms with Crippen LogP contribution >= 0.6 is 0 Å². The number of nitrogens with one attached hydrogen (secondary N) is 1. The third-order valence-corrected chi connectivity index (χ3v) is 6.78. The van der Waals surface area contributed by atoms with Gasteiger partial charge in [0.25, 0.3) is 5.56 Å². The highest BCUT2D eigenvalue weighted by atomic mass is 16.5. The van der Waals surface area contributed by atoms with Crippen LogP contribution in [-0.4, -0.2) is 44.3 Å². The van der Waals surface area contributed by atoms with Crippen LogP contribution in [0.5, 0.6) is 23.1 Å². The first-order valence-corrected chi connectivity index (χ1v) is 12.4. The van der Waals surface area contributed by atoms with Gasteiger partial charge in [0.15, 0.2) is 11.5 Å². The van der Waals surface area contributed by atoms with Crippen LogP contribution in [0, 0.1) is 0 Å². The number of pyridine rings is 1. The lowest BCUT2D eigenvalue weighted by Crippen LogP contribution is -2.30. The SMILES string of the molecule is COc1ccc([C@@H](CC(=O)NCCc2ccc(O)c(O)c2)c2c(O)nc3ccccn3c2=O)c2ccccc12. The summed E-state index contributed by atoms with van der Waals surface area (Å²) in [6.07, 6.45) is 1.87. The van der Waals surface area contributed by atoms with Crippen molar-refractivity contribution in [3.8, 4) is 23.1 Å². The Morgan fingerprint density at radius 3 is 2.51 bits per heavy atom. The van der Waals surface area contributed by atoms with Crippen LogP contribution in [0.1, 0.15) is 29.0 Å². The zero-order chi connectivity index (χ0) is 27.5. The van der Waals surface area contributed by atoms with E-state index in [0.29, 0.717) is 23.4 Å². The molecule has 0 bridgehead atoms. The van der Waals surface area contributed by atoms with E-state index in [4.69, 9.17) is 4.74 Å². The number of methoxy groups -OCH3 is 1. The predicted octanol–water partition coefficient (Wildman–Crippen LogP) is 3.85. The van der Waals surface area contributed by atoms with Crippen LogP contribution in [-0.2, 0) is 11.2 Å². The molecule has 0 radical (unpaired) electrons. The molecule has 5 rings (SSSR count). The predicted molar refractivity (Wildman–Crippen MR) is 147 cm³/mol. The number of hydrogen-bond acceptors (Lipinski definition) is 7. The Morgan fingerprint density at radius 1 is 0.974 bits per heavy atom. The fraction of sp³-hybridized carbons (Fsp3) is 0.167. The standard InChI is InChI=1S/C30H27N3O6/c1-39-25-12-10-20(19-6-2-3-7-21(19)25)22(28-29(37)32-26-8-4-5-15-33(26)30(28)38)17-27(36)31-14-13-18-9-11-23(34)24(35)16-18/h2-12,15-16,22,34-35,37H,13-14,17H2,1H3,(H,31,36)/t22-/m1/s1. The Kier molecular flexibility index (Phi) is 7.05. The summed E-state index contributed by atoms with van der Waals surface area (Å²) in [6.45, 7) is 0.264. The molecule has 0 aliphatic rings. The van der Waals surface area contributed by atoms with Gasteiger partial charge in [-0.25, -0.2) is 0 Å². The van der Waals surface area contributed by atoms with E-state index in [1.807, 2.05) is 24.3 Å². The van der Waals surface area contributed by atoms with E-state index < -0.39 is 17.4 Å². The van der Waals surface area contributed by atoms with Crippen molar-refractivity contribution in [2.24, 2.45) is 0 Å². The zero-order valence-electron chi connectivity index (χ0n) is 21.2. The van der Waals surface area contributed by atoms with Gasteiger partial charge >= 0.3 is 0 Å². The van der Waals surface area contributed by atoms with E-state index in [2.05, 4.69) is 10.3 Å². The number of fused-ring (bicyclic) bond motifs is 2. The molecule has 9 heteroatoms. The number of rotatable bonds is 8. The van der Waals surface area contributed by atoms with E-state index in [1.165, 1.54) is 16.5 Å². The van der Waals surface area contributed by atoms with Gasteiger partial charge in [0, 0.05) is 30.5 Å². The van der Waals surface area contributed by atoms with E-state index in [-0.39, 0.29) is 35.9 Å². The second kappa shape index (κ2) is 10.7. The summed E-state index contributed by atoms with van der Waals surface area (Å²) in [5.41, 5.74) is 1.26. The van der Waals surface area contributed by atoms with Gasteiger partial charge in [-0.05, 0) is 53.3 Å². The molecule has 0 fully saturated rings. The fourth-order valence-corrected chi connectivity index (χ4v) is 4.87. The molecule has 0 aliphatic heterocycles. The van der Waals surface area contributed by atoms with Crippen molar-refractivity contribution in [1.82, 2.24) is 14.7 Å². The zero-order valence-corrected chi connectivity index (χ0v) is 21.2. The number of ether oxygens (including phenoxy) is 1. The molecule has 0 spiro atoms. The maximum atomic E-state index is 13.6. The molecule has 2 heterocycles. The van der Waals surface area contributed by atoms with E-state index >= 15 is 0 Å². The molecule has 0 saturated carbocycles. The van der Waals surface area contributed by atoms with Crippen molar-refractivity contribution in [3.63, 3.8) is 0 Å². The van der Waals surface area contributed by atoms with Gasteiger partial charge in [-0.3, -0.25) is 14.0 Å². The number of phenols is 2. The maximum Gasteiger partial charge on any atom is 0.265 e. The molecule has 0 unspecified atom stereocenters. The van der Waals surface area contributed by atoms with Crippen molar-refractivity contribution in [2.75, 3.05) is 13.7 Å². The first-order chi connectivity index (χ1) is 18.9. The van der Waals surface area contributed by atoms with Gasteiger partial charge in [0.05, 0.1) is 12.7 Å². The lowest BCUT2D eigenvalue weighted by atomic mass is 9.85. The first-order valence-electron chi connectivity index (χ1n) is 12.4. The Balaban J connectivity index is 1.53. The van der Waals surface area contributed by atoms with Crippen molar-refractivity contribution in [1.29, 1.82) is 0 Å². The van der Waals surface area contributed by atoms with E-state index in [0.717, 1.165) is 16.3 Å². The lowest BCUT2D eigenvalue weighted by molar-refractivity contribution is -0.121. The van der Waals surface area contributed by atoms with Gasteiger partial charge < -0.3 is 25.4 Å². The minimum Gasteiger partial charge on any atom is -0.504 e. The van der Waals surface area contributed by atoms with Crippen LogP contribution in [0.3, 0.4) is 0 Å². The van der Waals surface area contributed by atoms with Crippen molar-refractivity contribution < 1.29 is 24.9 Å². The number of benzene rings is 3. The third kappa shape index (κ3) is 5.06. The molecular weight excluding hydrogens is 498 g/mol. The van der Waals surface area contributed by atoms with Gasteiger partial charge in [-0.15, -0.1) is 0 Å². The normalized spacial score (nSPS) is 11.9. The number of amides is 1. The third-order valence-electron chi connectivity index (χ3n) is 6.78. The Bertz CT molecular complexity index is 1750. The number of aromatic nitrogens is 2. The molecule has 5 aromatic rings. The monoisotopic (exact) mass is 525 g/mol. The molecule has 0 aliphatic carbocycles. The topological polar surface area (TPSA) is 133 Å². The van der Waals surface area contributed by atoms with Gasteiger partial charge in [0.2, 0.25) is 11.8 Å². The van der Waals surface area contributed by atoms with Crippen molar-refractivity contribution in [3.05, 3.63) is 106 Å². The van der Waals surface area contributed by atoms with Gasteiger partial charge in [0.1, 0.15) is 11.4 Å². The molecule has 0 saturated heterocycles. The van der Waals surface area contributed by atoms with Crippen LogP contribution in [0.25, 0.3) is 16.4 Å². The number of phenolic OH excluding ortho intramolecular Hbond substituents is 2. The fourth-order valence-electron chi connectivity index (χ4n) is 4.87. The van der Waals surface area contributed by atoms with Gasteiger partial charge in [-0.2, -0.15) is 4.98 Å². The highest BCUT2D eigenvalue weighted by molar-refractivity contribution is 5.92. The van der Waals surface area contributed by atoms with Crippen LogP contribution in [0.4, 0.5) is 0 Å². The minimum absolute atomic E-state index is 0.0210. The Labute approximate surface area is 223 Å².